The highest BCUT2D eigenvalue weighted by molar-refractivity contribution is 6.09. The van der Waals surface area contributed by atoms with E-state index in [0.29, 0.717) is 35.1 Å². The molecule has 0 heterocycles. The van der Waals surface area contributed by atoms with Crippen molar-refractivity contribution in [2.45, 2.75) is 6.92 Å². The molecule has 0 bridgehead atoms. The summed E-state index contributed by atoms with van der Waals surface area (Å²) < 4.78 is 15.8. The summed E-state index contributed by atoms with van der Waals surface area (Å²) in [6, 6.07) is 14.0. The molecular weight excluding hydrogens is 332 g/mol. The fourth-order valence-corrected chi connectivity index (χ4v) is 2.26. The molecule has 1 N–H and O–H groups in total. The Morgan fingerprint density at radius 3 is 2.38 bits per heavy atom. The van der Waals surface area contributed by atoms with Crippen molar-refractivity contribution in [1.82, 2.24) is 0 Å². The second kappa shape index (κ2) is 9.14. The zero-order valence-corrected chi connectivity index (χ0v) is 14.9. The average molecular weight is 352 g/mol. The first-order valence-electron chi connectivity index (χ1n) is 7.99. The molecule has 0 spiro atoms. The van der Waals surface area contributed by atoms with E-state index in [4.69, 9.17) is 14.2 Å². The molecule has 0 unspecified atom stereocenters. The Morgan fingerprint density at radius 2 is 1.81 bits per heavy atom. The predicted octanol–water partition coefficient (Wildman–Crippen LogP) is 3.65. The third-order valence-corrected chi connectivity index (χ3v) is 3.52. The summed E-state index contributed by atoms with van der Waals surface area (Å²) in [7, 11) is 3.06. The van der Waals surface area contributed by atoms with Gasteiger partial charge in [0.05, 0.1) is 20.8 Å². The lowest BCUT2D eigenvalue weighted by Gasteiger charge is -2.09. The summed E-state index contributed by atoms with van der Waals surface area (Å²) in [4.78, 5) is 12.4. The maximum absolute atomic E-state index is 12.4. The lowest BCUT2D eigenvalue weighted by molar-refractivity contribution is -0.112. The van der Waals surface area contributed by atoms with Gasteiger partial charge in [0.1, 0.15) is 28.9 Å². The van der Waals surface area contributed by atoms with Gasteiger partial charge in [-0.05, 0) is 55.5 Å². The van der Waals surface area contributed by atoms with Crippen LogP contribution in [0.3, 0.4) is 0 Å². The van der Waals surface area contributed by atoms with Gasteiger partial charge in [0.2, 0.25) is 0 Å². The molecule has 0 aliphatic heterocycles. The van der Waals surface area contributed by atoms with Crippen LogP contribution >= 0.6 is 0 Å². The Labute approximate surface area is 152 Å². The number of nitrogens with zero attached hydrogens (tertiary/aromatic N) is 1. The Bertz CT molecular complexity index is 836. The van der Waals surface area contributed by atoms with Gasteiger partial charge in [-0.2, -0.15) is 5.26 Å². The van der Waals surface area contributed by atoms with Crippen LogP contribution in [-0.2, 0) is 4.79 Å². The molecule has 0 radical (unpaired) electrons. The zero-order valence-electron chi connectivity index (χ0n) is 14.9. The van der Waals surface area contributed by atoms with Crippen molar-refractivity contribution in [2.75, 3.05) is 26.1 Å². The Balaban J connectivity index is 2.23. The first-order chi connectivity index (χ1) is 12.6. The van der Waals surface area contributed by atoms with E-state index in [1.165, 1.54) is 13.2 Å². The average Bonchev–Trinajstić information content (AvgIpc) is 2.67. The minimum Gasteiger partial charge on any atom is -0.497 e. The molecule has 2 aromatic rings. The van der Waals surface area contributed by atoms with Crippen molar-refractivity contribution in [1.29, 1.82) is 5.26 Å². The lowest BCUT2D eigenvalue weighted by Crippen LogP contribution is -2.13. The number of methoxy groups -OCH3 is 2. The fourth-order valence-electron chi connectivity index (χ4n) is 2.26. The standard InChI is InChI=1S/C20H20N2O4/c1-4-26-17-7-5-16(6-8-17)22-20(23)15(13-21)11-14-12-18(24-2)9-10-19(14)25-3/h5-12H,4H2,1-3H3,(H,22,23)/b15-11+. The normalized spacial score (nSPS) is 10.6. The van der Waals surface area contributed by atoms with Crippen molar-refractivity contribution < 1.29 is 19.0 Å². The smallest absolute Gasteiger partial charge is 0.266 e. The number of nitriles is 1. The first-order valence-corrected chi connectivity index (χ1v) is 7.99. The first kappa shape index (κ1) is 18.9. The van der Waals surface area contributed by atoms with Gasteiger partial charge in [0.25, 0.3) is 5.91 Å². The highest BCUT2D eigenvalue weighted by Gasteiger charge is 2.12. The number of carbonyl (C=O) groups excluding carboxylic acids is 1. The summed E-state index contributed by atoms with van der Waals surface area (Å²) in [5.74, 6) is 1.33. The number of hydrogen-bond acceptors (Lipinski definition) is 5. The zero-order chi connectivity index (χ0) is 18.9. The van der Waals surface area contributed by atoms with E-state index in [0.717, 1.165) is 0 Å². The van der Waals surface area contributed by atoms with Crippen LogP contribution in [0.1, 0.15) is 12.5 Å². The molecule has 0 aliphatic rings. The quantitative estimate of drug-likeness (QED) is 0.608. The molecule has 0 saturated carbocycles. The van der Waals surface area contributed by atoms with Gasteiger partial charge < -0.3 is 19.5 Å². The van der Waals surface area contributed by atoms with Crippen molar-refractivity contribution in [3.8, 4) is 23.3 Å². The van der Waals surface area contributed by atoms with Crippen molar-refractivity contribution in [3.63, 3.8) is 0 Å². The minimum absolute atomic E-state index is 0.0505. The second-order valence-corrected chi connectivity index (χ2v) is 5.19. The predicted molar refractivity (Wildman–Crippen MR) is 99.4 cm³/mol. The van der Waals surface area contributed by atoms with Crippen LogP contribution < -0.4 is 19.5 Å². The van der Waals surface area contributed by atoms with E-state index < -0.39 is 5.91 Å². The molecule has 134 valence electrons. The molecule has 0 atom stereocenters. The SMILES string of the molecule is CCOc1ccc(NC(=O)/C(C#N)=C/c2cc(OC)ccc2OC)cc1. The largest absolute Gasteiger partial charge is 0.497 e. The molecule has 2 aromatic carbocycles. The van der Waals surface area contributed by atoms with E-state index in [2.05, 4.69) is 5.32 Å². The van der Waals surface area contributed by atoms with Crippen LogP contribution in [0.25, 0.3) is 6.08 Å². The third-order valence-electron chi connectivity index (χ3n) is 3.52. The molecule has 1 amide bonds. The summed E-state index contributed by atoms with van der Waals surface area (Å²) in [6.07, 6.45) is 1.46. The van der Waals surface area contributed by atoms with Crippen LogP contribution in [0.5, 0.6) is 17.2 Å². The fraction of sp³-hybridized carbons (Fsp3) is 0.200. The van der Waals surface area contributed by atoms with Crippen molar-refractivity contribution >= 4 is 17.7 Å². The third kappa shape index (κ3) is 4.77. The van der Waals surface area contributed by atoms with Crippen LogP contribution in [0.15, 0.2) is 48.0 Å². The van der Waals surface area contributed by atoms with Gasteiger partial charge >= 0.3 is 0 Å². The number of rotatable bonds is 7. The van der Waals surface area contributed by atoms with E-state index in [1.807, 2.05) is 13.0 Å². The molecule has 6 nitrogen and oxygen atoms in total. The minimum atomic E-state index is -0.512. The van der Waals surface area contributed by atoms with Crippen molar-refractivity contribution in [2.24, 2.45) is 0 Å². The maximum Gasteiger partial charge on any atom is 0.266 e. The highest BCUT2D eigenvalue weighted by atomic mass is 16.5. The second-order valence-electron chi connectivity index (χ2n) is 5.19. The summed E-state index contributed by atoms with van der Waals surface area (Å²) in [5, 5.41) is 12.1. The molecule has 0 aliphatic carbocycles. The monoisotopic (exact) mass is 352 g/mol. The lowest BCUT2D eigenvalue weighted by atomic mass is 10.1. The van der Waals surface area contributed by atoms with Crippen LogP contribution in [0.4, 0.5) is 5.69 Å². The topological polar surface area (TPSA) is 80.6 Å². The molecule has 2 rings (SSSR count). The number of hydrogen-bond donors (Lipinski definition) is 1. The Kier molecular flexibility index (Phi) is 6.63. The number of ether oxygens (including phenoxy) is 3. The number of nitrogens with one attached hydrogen (secondary N) is 1. The van der Waals surface area contributed by atoms with Gasteiger partial charge in [-0.15, -0.1) is 0 Å². The maximum atomic E-state index is 12.4. The Hall–Kier alpha value is -3.46. The number of anilines is 1. The van der Waals surface area contributed by atoms with Gasteiger partial charge in [-0.3, -0.25) is 4.79 Å². The highest BCUT2D eigenvalue weighted by Crippen LogP contribution is 2.26. The van der Waals surface area contributed by atoms with Crippen LogP contribution in [-0.4, -0.2) is 26.7 Å². The molecule has 6 heteroatoms. The van der Waals surface area contributed by atoms with Gasteiger partial charge in [-0.1, -0.05) is 0 Å². The van der Waals surface area contributed by atoms with Gasteiger partial charge in [-0.25, -0.2) is 0 Å². The molecule has 0 aromatic heterocycles. The van der Waals surface area contributed by atoms with Crippen molar-refractivity contribution in [3.05, 3.63) is 53.6 Å². The summed E-state index contributed by atoms with van der Waals surface area (Å²) in [5.41, 5.74) is 1.09. The van der Waals surface area contributed by atoms with E-state index in [-0.39, 0.29) is 5.57 Å². The van der Waals surface area contributed by atoms with Crippen LogP contribution in [0.2, 0.25) is 0 Å². The number of carbonyl (C=O) groups is 1. The number of amides is 1. The summed E-state index contributed by atoms with van der Waals surface area (Å²) >= 11 is 0. The summed E-state index contributed by atoms with van der Waals surface area (Å²) in [6.45, 7) is 2.46. The Morgan fingerprint density at radius 1 is 1.12 bits per heavy atom. The molecule has 0 fully saturated rings. The molecular formula is C20H20N2O4. The van der Waals surface area contributed by atoms with Gasteiger partial charge in [0.15, 0.2) is 0 Å². The molecule has 26 heavy (non-hydrogen) atoms. The molecule has 0 saturated heterocycles. The van der Waals surface area contributed by atoms with E-state index in [1.54, 1.807) is 49.6 Å². The van der Waals surface area contributed by atoms with E-state index in [9.17, 15) is 10.1 Å². The van der Waals surface area contributed by atoms with E-state index >= 15 is 0 Å². The van der Waals surface area contributed by atoms with Gasteiger partial charge in [0, 0.05) is 11.3 Å². The van der Waals surface area contributed by atoms with Crippen LogP contribution in [0, 0.1) is 11.3 Å². The number of benzene rings is 2.